The van der Waals surface area contributed by atoms with E-state index in [1.165, 1.54) is 0 Å². The van der Waals surface area contributed by atoms with E-state index < -0.39 is 17.6 Å². The summed E-state index contributed by atoms with van der Waals surface area (Å²) in [5, 5.41) is 9.47. The van der Waals surface area contributed by atoms with Crippen LogP contribution in [0.15, 0.2) is 54.7 Å². The topological polar surface area (TPSA) is 109 Å². The number of aliphatic hydroxyl groups excluding tert-OH is 1. The van der Waals surface area contributed by atoms with Crippen LogP contribution in [0.1, 0.15) is 48.7 Å². The highest BCUT2D eigenvalue weighted by molar-refractivity contribution is 7.78. The summed E-state index contributed by atoms with van der Waals surface area (Å²) in [6, 6.07) is 12.2. The van der Waals surface area contributed by atoms with E-state index in [1.54, 1.807) is 7.05 Å². The molecule has 238 valence electrons. The number of aromatic nitrogens is 3. The molecule has 0 bridgehead atoms. The quantitative estimate of drug-likeness (QED) is 0.151. The van der Waals surface area contributed by atoms with E-state index >= 15 is 0 Å². The Kier molecular flexibility index (Phi) is 14.0. The average molecular weight is 636 g/mol. The summed E-state index contributed by atoms with van der Waals surface area (Å²) in [5.74, 6) is -0.864. The van der Waals surface area contributed by atoms with Crippen molar-refractivity contribution in [2.24, 2.45) is 13.0 Å². The van der Waals surface area contributed by atoms with Crippen molar-refractivity contribution in [2.45, 2.75) is 44.7 Å². The van der Waals surface area contributed by atoms with E-state index in [9.17, 15) is 22.4 Å². The van der Waals surface area contributed by atoms with E-state index in [-0.39, 0.29) is 23.4 Å². The van der Waals surface area contributed by atoms with Crippen LogP contribution < -0.4 is 10.0 Å². The highest BCUT2D eigenvalue weighted by atomic mass is 32.1. The van der Waals surface area contributed by atoms with Crippen molar-refractivity contribution in [1.82, 2.24) is 19.3 Å². The highest BCUT2D eigenvalue weighted by Crippen LogP contribution is 2.37. The number of carbonyl (C=O) groups is 2. The molecule has 8 nitrogen and oxygen atoms in total. The fraction of sp³-hybridized carbons (Fsp3) is 0.355. The first-order chi connectivity index (χ1) is 21.0. The molecule has 13 heteroatoms. The van der Waals surface area contributed by atoms with Gasteiger partial charge in [-0.05, 0) is 75.2 Å². The molecule has 1 amide bonds. The van der Waals surface area contributed by atoms with Gasteiger partial charge in [-0.25, -0.2) is 9.37 Å². The first kappa shape index (κ1) is 36.4. The number of aliphatic hydroxyl groups is 1. The summed E-state index contributed by atoms with van der Waals surface area (Å²) in [4.78, 5) is 30.1. The number of nitrogens with one attached hydrogen (secondary N) is 2. The number of hydrogen-bond donors (Lipinski definition) is 4. The van der Waals surface area contributed by atoms with E-state index in [2.05, 4.69) is 32.8 Å². The molecule has 2 unspecified atom stereocenters. The number of pyridine rings is 1. The predicted molar refractivity (Wildman–Crippen MR) is 167 cm³/mol. The largest absolute Gasteiger partial charge is 0.416 e. The van der Waals surface area contributed by atoms with Gasteiger partial charge < -0.3 is 19.8 Å². The second-order valence-corrected chi connectivity index (χ2v) is 10.3. The molecule has 1 saturated carbocycles. The molecule has 0 radical (unpaired) electrons. The zero-order chi connectivity index (χ0) is 33.0. The molecule has 0 aliphatic heterocycles. The maximum Gasteiger partial charge on any atom is 0.416 e. The van der Waals surface area contributed by atoms with Gasteiger partial charge in [0.1, 0.15) is 18.4 Å². The second-order valence-electron chi connectivity index (χ2n) is 9.86. The SMILES string of the molecule is C=O.CNS.CO.Cc1nc2cc(-c3ccc(C4CCCC(C(=O)Nc5ccc(C(F)(F)F)cc5F)C4)nc3)ccc2n1C. The molecular weight excluding hydrogens is 598 g/mol. The highest BCUT2D eigenvalue weighted by Gasteiger charge is 2.32. The average Bonchev–Trinajstić information content (AvgIpc) is 3.32. The molecule has 2 heterocycles. The molecule has 3 N–H and O–H groups in total. The number of rotatable bonds is 4. The molecule has 2 atom stereocenters. The summed E-state index contributed by atoms with van der Waals surface area (Å²) in [5.41, 5.74) is 3.52. The van der Waals surface area contributed by atoms with E-state index in [4.69, 9.17) is 9.90 Å². The lowest BCUT2D eigenvalue weighted by Crippen LogP contribution is -2.28. The number of hydrogen-bond acceptors (Lipinski definition) is 7. The number of anilines is 1. The maximum atomic E-state index is 14.2. The number of thiol groups is 1. The molecule has 2 aromatic carbocycles. The lowest BCUT2D eigenvalue weighted by Gasteiger charge is -2.28. The monoisotopic (exact) mass is 635 g/mol. The third kappa shape index (κ3) is 9.10. The Morgan fingerprint density at radius 1 is 1.07 bits per heavy atom. The summed E-state index contributed by atoms with van der Waals surface area (Å²) < 4.78 is 57.1. The van der Waals surface area contributed by atoms with Crippen LogP contribution in [-0.2, 0) is 22.8 Å². The number of benzene rings is 2. The summed E-state index contributed by atoms with van der Waals surface area (Å²) in [7, 11) is 4.72. The van der Waals surface area contributed by atoms with Gasteiger partial charge in [-0.2, -0.15) is 13.2 Å². The summed E-state index contributed by atoms with van der Waals surface area (Å²) in [6.07, 6.45) is 0.0351. The molecular formula is C31H37F4N5O3S. The van der Waals surface area contributed by atoms with Crippen molar-refractivity contribution in [3.8, 4) is 11.1 Å². The Morgan fingerprint density at radius 2 is 1.73 bits per heavy atom. The lowest BCUT2D eigenvalue weighted by atomic mass is 9.79. The van der Waals surface area contributed by atoms with Crippen molar-refractivity contribution in [2.75, 3.05) is 19.5 Å². The molecule has 44 heavy (non-hydrogen) atoms. The molecule has 1 aliphatic carbocycles. The Morgan fingerprint density at radius 3 is 2.32 bits per heavy atom. The third-order valence-corrected chi connectivity index (χ3v) is 7.24. The van der Waals surface area contributed by atoms with E-state index in [0.717, 1.165) is 65.8 Å². The lowest BCUT2D eigenvalue weighted by molar-refractivity contribution is -0.137. The predicted octanol–water partition coefficient (Wildman–Crippen LogP) is 6.49. The third-order valence-electron chi connectivity index (χ3n) is 7.24. The molecule has 0 spiro atoms. The standard InChI is InChI=1S/C28H26F4N4O.CH5NS.CH4O.CH2O/c1-16-34-25-13-17(7-11-26(25)36(16)2)20-6-9-23(33-15-20)18-4-3-5-19(12-18)27(37)35-24-10-8-21(14-22(24)29)28(30,31)32;1-2-3;2*1-2/h6-11,13-15,18-19H,3-5,12H2,1-2H3,(H,35,37);2-3H,1H3;2H,1H3;1H2. The van der Waals surface area contributed by atoms with Crippen LogP contribution in [0.25, 0.3) is 22.2 Å². The normalized spacial score (nSPS) is 16.0. The van der Waals surface area contributed by atoms with Crippen molar-refractivity contribution in [3.05, 3.63) is 77.6 Å². The number of imidazole rings is 1. The van der Waals surface area contributed by atoms with Crippen LogP contribution in [0.4, 0.5) is 23.2 Å². The van der Waals surface area contributed by atoms with Gasteiger partial charge in [-0.15, -0.1) is 0 Å². The Balaban J connectivity index is 0.000000893. The van der Waals surface area contributed by atoms with Gasteiger partial charge in [0.05, 0.1) is 22.3 Å². The fourth-order valence-electron chi connectivity index (χ4n) is 5.04. The van der Waals surface area contributed by atoms with Crippen LogP contribution in [0.5, 0.6) is 0 Å². The van der Waals surface area contributed by atoms with Crippen molar-refractivity contribution in [1.29, 1.82) is 0 Å². The number of alkyl halides is 3. The van der Waals surface area contributed by atoms with Crippen molar-refractivity contribution < 1.29 is 32.3 Å². The minimum atomic E-state index is -4.65. The van der Waals surface area contributed by atoms with Gasteiger partial charge in [0, 0.05) is 43.4 Å². The molecule has 1 fully saturated rings. The smallest absolute Gasteiger partial charge is 0.400 e. The molecule has 0 saturated heterocycles. The first-order valence-corrected chi connectivity index (χ1v) is 14.1. The Bertz CT molecular complexity index is 1510. The zero-order valence-corrected chi connectivity index (χ0v) is 25.8. The summed E-state index contributed by atoms with van der Waals surface area (Å²) in [6.45, 7) is 3.97. The number of amides is 1. The number of aryl methyl sites for hydroxylation is 2. The number of fused-ring (bicyclic) bond motifs is 1. The maximum absolute atomic E-state index is 14.2. The van der Waals surface area contributed by atoms with Crippen LogP contribution >= 0.6 is 12.8 Å². The van der Waals surface area contributed by atoms with Crippen LogP contribution in [0, 0.1) is 18.7 Å². The molecule has 1 aliphatic rings. The van der Waals surface area contributed by atoms with E-state index in [0.29, 0.717) is 18.9 Å². The number of halogens is 4. The first-order valence-electron chi connectivity index (χ1n) is 13.6. The van der Waals surface area contributed by atoms with Crippen molar-refractivity contribution >= 4 is 42.2 Å². The Labute approximate surface area is 259 Å². The summed E-state index contributed by atoms with van der Waals surface area (Å²) >= 11 is 3.54. The van der Waals surface area contributed by atoms with Crippen LogP contribution in [0.3, 0.4) is 0 Å². The van der Waals surface area contributed by atoms with Gasteiger partial charge >= 0.3 is 6.18 Å². The van der Waals surface area contributed by atoms with Crippen LogP contribution in [0.2, 0.25) is 0 Å². The number of carbonyl (C=O) groups excluding carboxylic acids is 2. The van der Waals surface area contributed by atoms with Crippen molar-refractivity contribution in [3.63, 3.8) is 0 Å². The minimum absolute atomic E-state index is 0.0666. The zero-order valence-electron chi connectivity index (χ0n) is 25.0. The Hall–Kier alpha value is -3.81. The molecule has 5 rings (SSSR count). The van der Waals surface area contributed by atoms with Gasteiger partial charge in [-0.3, -0.25) is 14.5 Å². The van der Waals surface area contributed by atoms with Gasteiger partial charge in [0.25, 0.3) is 0 Å². The molecule has 4 aromatic rings. The van der Waals surface area contributed by atoms with Gasteiger partial charge in [0.2, 0.25) is 5.91 Å². The second kappa shape index (κ2) is 16.9. The minimum Gasteiger partial charge on any atom is -0.400 e. The molecule has 2 aromatic heterocycles. The van der Waals surface area contributed by atoms with Gasteiger partial charge in [0.15, 0.2) is 0 Å². The van der Waals surface area contributed by atoms with Crippen LogP contribution in [-0.4, -0.2) is 46.5 Å². The van der Waals surface area contributed by atoms with Gasteiger partial charge in [-0.1, -0.05) is 31.4 Å². The van der Waals surface area contributed by atoms with E-state index in [1.807, 2.05) is 61.9 Å². The number of nitrogens with zero attached hydrogens (tertiary/aromatic N) is 3. The fourth-order valence-corrected chi connectivity index (χ4v) is 5.04.